The van der Waals surface area contributed by atoms with Gasteiger partial charge in [0, 0.05) is 19.0 Å². The molecule has 0 aromatic carbocycles. The van der Waals surface area contributed by atoms with Crippen molar-refractivity contribution in [3.05, 3.63) is 0 Å². The minimum Gasteiger partial charge on any atom is -0.356 e. The van der Waals surface area contributed by atoms with Crippen LogP contribution in [0.3, 0.4) is 0 Å². The van der Waals surface area contributed by atoms with Gasteiger partial charge in [-0.15, -0.1) is 0 Å². The number of carbonyl (C=O) groups excluding carboxylic acids is 1. The van der Waals surface area contributed by atoms with Crippen molar-refractivity contribution < 1.29 is 4.79 Å². The number of carbonyl (C=O) groups is 1. The minimum absolute atomic E-state index is 0.269. The van der Waals surface area contributed by atoms with E-state index < -0.39 is 0 Å². The molecule has 3 heteroatoms. The van der Waals surface area contributed by atoms with Crippen LogP contribution >= 0.6 is 0 Å². The molecule has 0 spiro atoms. The van der Waals surface area contributed by atoms with Crippen LogP contribution in [-0.4, -0.2) is 18.5 Å². The molecule has 3 N–H and O–H groups in total. The smallest absolute Gasteiger partial charge is 0.220 e. The first-order valence-electron chi connectivity index (χ1n) is 8.26. The molecule has 2 unspecified atom stereocenters. The van der Waals surface area contributed by atoms with Gasteiger partial charge in [0.05, 0.1) is 0 Å². The molecule has 0 bridgehead atoms. The van der Waals surface area contributed by atoms with E-state index in [1.165, 1.54) is 51.4 Å². The molecule has 0 heterocycles. The van der Waals surface area contributed by atoms with Crippen LogP contribution in [0.1, 0.15) is 70.6 Å². The van der Waals surface area contributed by atoms with E-state index in [1.54, 1.807) is 0 Å². The van der Waals surface area contributed by atoms with Crippen molar-refractivity contribution in [1.29, 1.82) is 0 Å². The first kappa shape index (κ1) is 14.8. The highest BCUT2D eigenvalue weighted by Gasteiger charge is 2.20. The predicted octanol–water partition coefficient (Wildman–Crippen LogP) is 2.98. The zero-order chi connectivity index (χ0) is 13.5. The summed E-state index contributed by atoms with van der Waals surface area (Å²) in [5.41, 5.74) is 5.99. The van der Waals surface area contributed by atoms with Crippen molar-refractivity contribution in [3.63, 3.8) is 0 Å². The lowest BCUT2D eigenvalue weighted by Crippen LogP contribution is -2.36. The first-order valence-corrected chi connectivity index (χ1v) is 8.26. The molecule has 2 atom stereocenters. The Morgan fingerprint density at radius 3 is 2.32 bits per heavy atom. The van der Waals surface area contributed by atoms with E-state index in [4.69, 9.17) is 5.73 Å². The van der Waals surface area contributed by atoms with Gasteiger partial charge in [-0.3, -0.25) is 4.79 Å². The van der Waals surface area contributed by atoms with Crippen LogP contribution in [-0.2, 0) is 4.79 Å². The summed E-state index contributed by atoms with van der Waals surface area (Å²) >= 11 is 0. The molecule has 2 rings (SSSR count). The van der Waals surface area contributed by atoms with Gasteiger partial charge in [-0.25, -0.2) is 0 Å². The molecule has 2 aliphatic rings. The van der Waals surface area contributed by atoms with E-state index in [1.807, 2.05) is 0 Å². The molecule has 2 fully saturated rings. The Kier molecular flexibility index (Phi) is 6.15. The van der Waals surface area contributed by atoms with Crippen molar-refractivity contribution in [2.45, 2.75) is 76.7 Å². The molecule has 3 nitrogen and oxygen atoms in total. The molecule has 0 aliphatic heterocycles. The van der Waals surface area contributed by atoms with Gasteiger partial charge in [-0.05, 0) is 43.9 Å². The summed E-state index contributed by atoms with van der Waals surface area (Å²) < 4.78 is 0. The quantitative estimate of drug-likeness (QED) is 0.769. The number of hydrogen-bond acceptors (Lipinski definition) is 2. The van der Waals surface area contributed by atoms with E-state index in [9.17, 15) is 4.79 Å². The predicted molar refractivity (Wildman–Crippen MR) is 78.8 cm³/mol. The van der Waals surface area contributed by atoms with Gasteiger partial charge >= 0.3 is 0 Å². The summed E-state index contributed by atoms with van der Waals surface area (Å²) in [6.45, 7) is 0.846. The highest BCUT2D eigenvalue weighted by molar-refractivity contribution is 5.76. The SMILES string of the molecule is NC1CCCC(CNC(=O)CC2CCCCCC2)C1. The molecule has 2 saturated carbocycles. The average molecular weight is 266 g/mol. The van der Waals surface area contributed by atoms with E-state index >= 15 is 0 Å². The fourth-order valence-corrected chi connectivity index (χ4v) is 3.68. The Hall–Kier alpha value is -0.570. The van der Waals surface area contributed by atoms with Gasteiger partial charge in [0.15, 0.2) is 0 Å². The van der Waals surface area contributed by atoms with Crippen molar-refractivity contribution in [3.8, 4) is 0 Å². The number of amides is 1. The Bertz CT molecular complexity index is 272. The Morgan fingerprint density at radius 2 is 1.63 bits per heavy atom. The average Bonchev–Trinajstić information content (AvgIpc) is 2.65. The van der Waals surface area contributed by atoms with Crippen molar-refractivity contribution in [2.75, 3.05) is 6.54 Å². The van der Waals surface area contributed by atoms with Gasteiger partial charge < -0.3 is 11.1 Å². The second-order valence-corrected chi connectivity index (χ2v) is 6.66. The van der Waals surface area contributed by atoms with Crippen molar-refractivity contribution >= 4 is 5.91 Å². The van der Waals surface area contributed by atoms with E-state index in [0.717, 1.165) is 25.8 Å². The van der Waals surface area contributed by atoms with Crippen LogP contribution < -0.4 is 11.1 Å². The van der Waals surface area contributed by atoms with Crippen LogP contribution in [0.2, 0.25) is 0 Å². The maximum absolute atomic E-state index is 12.0. The molecular formula is C16H30N2O. The number of nitrogens with one attached hydrogen (secondary N) is 1. The molecule has 0 radical (unpaired) electrons. The number of hydrogen-bond donors (Lipinski definition) is 2. The standard InChI is InChI=1S/C16H30N2O/c17-15-9-5-8-14(10-15)12-18-16(19)11-13-6-3-1-2-4-7-13/h13-15H,1-12,17H2,(H,18,19). The summed E-state index contributed by atoms with van der Waals surface area (Å²) in [5, 5.41) is 3.15. The van der Waals surface area contributed by atoms with Crippen LogP contribution in [0, 0.1) is 11.8 Å². The van der Waals surface area contributed by atoms with Gasteiger partial charge in [-0.2, -0.15) is 0 Å². The van der Waals surface area contributed by atoms with Crippen molar-refractivity contribution in [1.82, 2.24) is 5.32 Å². The largest absolute Gasteiger partial charge is 0.356 e. The van der Waals surface area contributed by atoms with E-state index in [2.05, 4.69) is 5.32 Å². The van der Waals surface area contributed by atoms with Crippen LogP contribution in [0.4, 0.5) is 0 Å². The highest BCUT2D eigenvalue weighted by Crippen LogP contribution is 2.26. The van der Waals surface area contributed by atoms with E-state index in [-0.39, 0.29) is 5.91 Å². The molecule has 2 aliphatic carbocycles. The highest BCUT2D eigenvalue weighted by atomic mass is 16.1. The molecule has 0 aromatic heterocycles. The van der Waals surface area contributed by atoms with Crippen molar-refractivity contribution in [2.24, 2.45) is 17.6 Å². The topological polar surface area (TPSA) is 55.1 Å². The maximum atomic E-state index is 12.0. The minimum atomic E-state index is 0.269. The summed E-state index contributed by atoms with van der Waals surface area (Å²) in [4.78, 5) is 12.0. The third kappa shape index (κ3) is 5.52. The second-order valence-electron chi connectivity index (χ2n) is 6.66. The van der Waals surface area contributed by atoms with E-state index in [0.29, 0.717) is 17.9 Å². The third-order valence-electron chi connectivity index (χ3n) is 4.86. The fraction of sp³-hybridized carbons (Fsp3) is 0.938. The summed E-state index contributed by atoms with van der Waals surface area (Å²) in [6.07, 6.45) is 13.3. The third-order valence-corrected chi connectivity index (χ3v) is 4.86. The van der Waals surface area contributed by atoms with Crippen LogP contribution in [0.15, 0.2) is 0 Å². The normalized spacial score (nSPS) is 29.7. The van der Waals surface area contributed by atoms with Gasteiger partial charge in [0.1, 0.15) is 0 Å². The molecule has 1 amide bonds. The summed E-state index contributed by atoms with van der Waals surface area (Å²) in [5.74, 6) is 1.52. The lowest BCUT2D eigenvalue weighted by molar-refractivity contribution is -0.122. The Morgan fingerprint density at radius 1 is 0.947 bits per heavy atom. The van der Waals surface area contributed by atoms with Crippen LogP contribution in [0.25, 0.3) is 0 Å². The molecule has 19 heavy (non-hydrogen) atoms. The summed E-state index contributed by atoms with van der Waals surface area (Å²) in [7, 11) is 0. The maximum Gasteiger partial charge on any atom is 0.220 e. The molecule has 0 aromatic rings. The molecule has 0 saturated heterocycles. The zero-order valence-corrected chi connectivity index (χ0v) is 12.2. The van der Waals surface area contributed by atoms with Gasteiger partial charge in [-0.1, -0.05) is 32.1 Å². The Balaban J connectivity index is 1.63. The fourth-order valence-electron chi connectivity index (χ4n) is 3.68. The second kappa shape index (κ2) is 7.88. The van der Waals surface area contributed by atoms with Crippen LogP contribution in [0.5, 0.6) is 0 Å². The summed E-state index contributed by atoms with van der Waals surface area (Å²) in [6, 6.07) is 0.359. The van der Waals surface area contributed by atoms with Gasteiger partial charge in [0.25, 0.3) is 0 Å². The Labute approximate surface area is 117 Å². The number of rotatable bonds is 4. The first-order chi connectivity index (χ1) is 9.24. The zero-order valence-electron chi connectivity index (χ0n) is 12.2. The molecular weight excluding hydrogens is 236 g/mol. The van der Waals surface area contributed by atoms with Gasteiger partial charge in [0.2, 0.25) is 5.91 Å². The lowest BCUT2D eigenvalue weighted by Gasteiger charge is -2.26. The molecule has 110 valence electrons. The number of nitrogens with two attached hydrogens (primary N) is 1. The monoisotopic (exact) mass is 266 g/mol. The lowest BCUT2D eigenvalue weighted by atomic mass is 9.86.